The molecule has 6 N–H and O–H groups in total. The lowest BCUT2D eigenvalue weighted by Crippen LogP contribution is -2.48. The van der Waals surface area contributed by atoms with Crippen molar-refractivity contribution in [2.24, 2.45) is 15.7 Å². The fourth-order valence-corrected chi connectivity index (χ4v) is 3.91. The van der Waals surface area contributed by atoms with Crippen LogP contribution in [-0.4, -0.2) is 86.0 Å². The van der Waals surface area contributed by atoms with Gasteiger partial charge in [0.15, 0.2) is 0 Å². The third-order valence-electron chi connectivity index (χ3n) is 5.35. The summed E-state index contributed by atoms with van der Waals surface area (Å²) in [6, 6.07) is -0.953. The smallest absolute Gasteiger partial charge is 0.437 e. The van der Waals surface area contributed by atoms with E-state index in [4.69, 9.17) is 19.9 Å². The van der Waals surface area contributed by atoms with Crippen LogP contribution < -0.4 is 21.7 Å². The number of nitrogens with one attached hydrogen (secondary N) is 3. The zero-order valence-corrected chi connectivity index (χ0v) is 26.8. The van der Waals surface area contributed by atoms with Gasteiger partial charge in [-0.1, -0.05) is 0 Å². The highest BCUT2D eigenvalue weighted by Gasteiger charge is 2.36. The third kappa shape index (κ3) is 12.0. The van der Waals surface area contributed by atoms with Crippen LogP contribution in [0.5, 0.6) is 0 Å². The van der Waals surface area contributed by atoms with Gasteiger partial charge in [-0.25, -0.2) is 28.8 Å². The molecule has 17 nitrogen and oxygen atoms in total. The van der Waals surface area contributed by atoms with Gasteiger partial charge >= 0.3 is 24.4 Å². The Labute approximate surface area is 256 Å². The van der Waals surface area contributed by atoms with Crippen molar-refractivity contribution in [1.82, 2.24) is 25.3 Å². The summed E-state index contributed by atoms with van der Waals surface area (Å²) in [5.74, 6) is -0.286. The van der Waals surface area contributed by atoms with Crippen LogP contribution in [0, 0.1) is 0 Å². The Bertz CT molecular complexity index is 1270. The van der Waals surface area contributed by atoms with Gasteiger partial charge in [0.25, 0.3) is 0 Å². The van der Waals surface area contributed by atoms with Gasteiger partial charge in [-0.05, 0) is 75.2 Å². The first kappa shape index (κ1) is 35.6. The molecule has 0 fully saturated rings. The number of anilines is 1. The molecule has 0 aromatic carbocycles. The molecule has 246 valence electrons. The summed E-state index contributed by atoms with van der Waals surface area (Å²) in [7, 11) is 0. The standard InChI is InChI=1S/C27H45N9O8/c1-25(2,3)42-22(39)32-19(28)36(24(41)44-27(7,8)9)17(16-15-31-35-14-10-12-29-18(16)35)11-13-30-20(33-21(37)38)34-23(40)43-26(4,5)6/h15,17,29H,10-14H2,1-9H3,(H,37,38)(H2,28,32,39)(H2,30,33,34,40). The highest BCUT2D eigenvalue weighted by Crippen LogP contribution is 2.33. The van der Waals surface area contributed by atoms with Crippen LogP contribution in [0.4, 0.5) is 25.0 Å². The lowest BCUT2D eigenvalue weighted by atomic mass is 10.0. The molecule has 0 bridgehead atoms. The van der Waals surface area contributed by atoms with Crippen molar-refractivity contribution in [3.63, 3.8) is 0 Å². The molecule has 0 saturated carbocycles. The van der Waals surface area contributed by atoms with Crippen molar-refractivity contribution >= 4 is 42.1 Å². The lowest BCUT2D eigenvalue weighted by molar-refractivity contribution is 0.0301. The topological polar surface area (TPSA) is 224 Å². The number of aryl methyl sites for hydroxylation is 1. The Morgan fingerprint density at radius 3 is 2.14 bits per heavy atom. The molecule has 1 aliphatic heterocycles. The van der Waals surface area contributed by atoms with E-state index in [1.807, 2.05) is 5.32 Å². The Hall–Kier alpha value is -4.57. The Kier molecular flexibility index (Phi) is 11.6. The number of nitrogens with zero attached hydrogens (tertiary/aromatic N) is 5. The molecular formula is C27H45N9O8. The van der Waals surface area contributed by atoms with Crippen LogP contribution in [0.2, 0.25) is 0 Å². The van der Waals surface area contributed by atoms with Crippen LogP contribution in [0.25, 0.3) is 0 Å². The maximum atomic E-state index is 13.6. The van der Waals surface area contributed by atoms with Gasteiger partial charge in [0.1, 0.15) is 22.6 Å². The minimum atomic E-state index is -1.48. The second-order valence-corrected chi connectivity index (χ2v) is 12.9. The van der Waals surface area contributed by atoms with Crippen molar-refractivity contribution in [3.8, 4) is 0 Å². The number of rotatable bonds is 5. The van der Waals surface area contributed by atoms with Crippen molar-refractivity contribution in [3.05, 3.63) is 11.8 Å². The van der Waals surface area contributed by atoms with Gasteiger partial charge < -0.3 is 35.7 Å². The quantitative estimate of drug-likeness (QED) is 0.180. The molecule has 0 aliphatic carbocycles. The van der Waals surface area contributed by atoms with E-state index in [9.17, 15) is 24.3 Å². The highest BCUT2D eigenvalue weighted by molar-refractivity contribution is 5.99. The maximum absolute atomic E-state index is 13.6. The summed E-state index contributed by atoms with van der Waals surface area (Å²) in [4.78, 5) is 58.4. The first-order valence-corrected chi connectivity index (χ1v) is 14.1. The van der Waals surface area contributed by atoms with E-state index in [1.54, 1.807) is 73.2 Å². The number of amides is 4. The van der Waals surface area contributed by atoms with E-state index < -0.39 is 59.1 Å². The average Bonchev–Trinajstić information content (AvgIpc) is 3.23. The minimum absolute atomic E-state index is 0.0266. The molecule has 17 heteroatoms. The summed E-state index contributed by atoms with van der Waals surface area (Å²) >= 11 is 0. The summed E-state index contributed by atoms with van der Waals surface area (Å²) < 4.78 is 17.8. The second kappa shape index (κ2) is 14.3. The zero-order valence-electron chi connectivity index (χ0n) is 26.8. The molecule has 4 amide bonds. The predicted molar refractivity (Wildman–Crippen MR) is 161 cm³/mol. The predicted octanol–water partition coefficient (Wildman–Crippen LogP) is 3.77. The molecule has 0 saturated heterocycles. The Balaban J connectivity index is 2.54. The number of hydrogen-bond donors (Lipinski definition) is 5. The first-order valence-electron chi connectivity index (χ1n) is 14.1. The van der Waals surface area contributed by atoms with E-state index in [0.29, 0.717) is 24.5 Å². The number of hydrogen-bond acceptors (Lipinski definition) is 9. The maximum Gasteiger partial charge on any atom is 0.437 e. The van der Waals surface area contributed by atoms with Gasteiger partial charge in [0.05, 0.1) is 12.2 Å². The van der Waals surface area contributed by atoms with Crippen LogP contribution in [0.1, 0.15) is 86.8 Å². The van der Waals surface area contributed by atoms with Crippen molar-refractivity contribution in [1.29, 1.82) is 0 Å². The number of carboxylic acid groups (broad SMARTS) is 1. The number of fused-ring (bicyclic) bond motifs is 1. The molecule has 44 heavy (non-hydrogen) atoms. The fraction of sp³-hybridized carbons (Fsp3) is 0.667. The number of guanidine groups is 2. The summed E-state index contributed by atoms with van der Waals surface area (Å²) in [6.07, 6.45) is -2.02. The second-order valence-electron chi connectivity index (χ2n) is 12.9. The van der Waals surface area contributed by atoms with Gasteiger partial charge in [0, 0.05) is 25.2 Å². The van der Waals surface area contributed by atoms with E-state index in [0.717, 1.165) is 11.3 Å². The highest BCUT2D eigenvalue weighted by atomic mass is 16.6. The first-order chi connectivity index (χ1) is 20.1. The van der Waals surface area contributed by atoms with Gasteiger partial charge in [-0.15, -0.1) is 9.98 Å². The lowest BCUT2D eigenvalue weighted by Gasteiger charge is -2.33. The molecule has 1 unspecified atom stereocenters. The number of ether oxygens (including phenoxy) is 3. The normalized spacial score (nSPS) is 14.8. The molecular weight excluding hydrogens is 578 g/mol. The van der Waals surface area contributed by atoms with E-state index >= 15 is 0 Å². The SMILES string of the molecule is CC(C)(C)OC(=O)N=C(NCCC(c1cnn2c1NCCC2)N(C(=O)OC(C)(C)C)C(N)=NC(=O)OC(C)(C)C)NC(=O)O. The monoisotopic (exact) mass is 623 g/mol. The number of carbonyl (C=O) groups excluding carboxylic acids is 3. The Morgan fingerprint density at radius 1 is 1.02 bits per heavy atom. The summed E-state index contributed by atoms with van der Waals surface area (Å²) in [5.41, 5.74) is 4.13. The third-order valence-corrected chi connectivity index (χ3v) is 5.35. The Morgan fingerprint density at radius 2 is 1.59 bits per heavy atom. The largest absolute Gasteiger partial charge is 0.465 e. The average molecular weight is 624 g/mol. The number of aromatic nitrogens is 2. The van der Waals surface area contributed by atoms with Gasteiger partial charge in [-0.2, -0.15) is 5.10 Å². The van der Waals surface area contributed by atoms with Crippen molar-refractivity contribution in [2.75, 3.05) is 18.4 Å². The molecule has 2 rings (SSSR count). The molecule has 1 aromatic rings. The van der Waals surface area contributed by atoms with Crippen molar-refractivity contribution < 1.29 is 38.5 Å². The summed E-state index contributed by atoms with van der Waals surface area (Å²) in [5, 5.41) is 21.7. The molecule has 1 atom stereocenters. The van der Waals surface area contributed by atoms with E-state index in [2.05, 4.69) is 25.7 Å². The van der Waals surface area contributed by atoms with Crippen LogP contribution in [-0.2, 0) is 20.8 Å². The van der Waals surface area contributed by atoms with E-state index in [1.165, 1.54) is 0 Å². The van der Waals surface area contributed by atoms with E-state index in [-0.39, 0.29) is 13.0 Å². The van der Waals surface area contributed by atoms with Gasteiger partial charge in [-0.3, -0.25) is 5.32 Å². The molecule has 2 heterocycles. The molecule has 0 spiro atoms. The molecule has 1 aromatic heterocycles. The zero-order chi connectivity index (χ0) is 33.5. The van der Waals surface area contributed by atoms with Crippen molar-refractivity contribution in [2.45, 2.75) is 105 Å². The number of nitrogens with two attached hydrogens (primary N) is 1. The number of carbonyl (C=O) groups is 4. The molecule has 0 radical (unpaired) electrons. The fourth-order valence-electron chi connectivity index (χ4n) is 3.91. The minimum Gasteiger partial charge on any atom is -0.465 e. The number of aliphatic imine (C=N–C) groups is 2. The van der Waals surface area contributed by atoms with Crippen LogP contribution in [0.3, 0.4) is 0 Å². The summed E-state index contributed by atoms with van der Waals surface area (Å²) in [6.45, 7) is 16.1. The van der Waals surface area contributed by atoms with Crippen LogP contribution in [0.15, 0.2) is 16.2 Å². The van der Waals surface area contributed by atoms with Crippen LogP contribution >= 0.6 is 0 Å². The molecule has 1 aliphatic rings. The van der Waals surface area contributed by atoms with Gasteiger partial charge in [0.2, 0.25) is 11.9 Å².